The summed E-state index contributed by atoms with van der Waals surface area (Å²) in [6.45, 7) is 0. The summed E-state index contributed by atoms with van der Waals surface area (Å²) in [5.74, 6) is -1.18. The maximum Gasteiger partial charge on any atom is 0.419 e. The van der Waals surface area contributed by atoms with Crippen molar-refractivity contribution in [3.05, 3.63) is 50.8 Å². The van der Waals surface area contributed by atoms with Crippen LogP contribution in [-0.2, 0) is 9.53 Å². The molecule has 0 spiro atoms. The first-order chi connectivity index (χ1) is 9.11. The number of nitrogens with one attached hydrogen (secondary N) is 1. The predicted molar refractivity (Wildman–Crippen MR) is 68.8 cm³/mol. The fourth-order valence-electron chi connectivity index (χ4n) is 1.68. The van der Waals surface area contributed by atoms with Gasteiger partial charge in [0.15, 0.2) is 0 Å². The molecule has 0 aliphatic carbocycles. The first-order valence-electron chi connectivity index (χ1n) is 5.51. The SMILES string of the molecule is COC(=O)CC=Cc1cccc2[nH]c(=O)oc(=O)c12. The molecule has 0 aliphatic rings. The molecule has 2 rings (SSSR count). The molecule has 6 nitrogen and oxygen atoms in total. The van der Waals surface area contributed by atoms with Crippen molar-refractivity contribution in [1.29, 1.82) is 0 Å². The van der Waals surface area contributed by atoms with E-state index in [1.807, 2.05) is 0 Å². The van der Waals surface area contributed by atoms with Gasteiger partial charge >= 0.3 is 17.4 Å². The van der Waals surface area contributed by atoms with Gasteiger partial charge in [-0.3, -0.25) is 9.78 Å². The average Bonchev–Trinajstić information content (AvgIpc) is 2.37. The first-order valence-corrected chi connectivity index (χ1v) is 5.51. The van der Waals surface area contributed by atoms with Crippen molar-refractivity contribution in [2.75, 3.05) is 7.11 Å². The number of aromatic nitrogens is 1. The number of carbonyl (C=O) groups excluding carboxylic acids is 1. The Morgan fingerprint density at radius 2 is 2.21 bits per heavy atom. The molecule has 19 heavy (non-hydrogen) atoms. The van der Waals surface area contributed by atoms with Gasteiger partial charge in [-0.05, 0) is 11.6 Å². The summed E-state index contributed by atoms with van der Waals surface area (Å²) in [4.78, 5) is 36.1. The topological polar surface area (TPSA) is 89.4 Å². The summed E-state index contributed by atoms with van der Waals surface area (Å²) < 4.78 is 8.98. The van der Waals surface area contributed by atoms with Gasteiger partial charge < -0.3 is 9.15 Å². The van der Waals surface area contributed by atoms with Crippen LogP contribution in [0, 0.1) is 0 Å². The summed E-state index contributed by atoms with van der Waals surface area (Å²) in [7, 11) is 1.30. The Balaban J connectivity index is 2.47. The van der Waals surface area contributed by atoms with Gasteiger partial charge in [0.25, 0.3) is 0 Å². The standard InChI is InChI=1S/C13H11NO5/c1-18-10(15)7-3-5-8-4-2-6-9-11(8)12(16)19-13(17)14-9/h2-6H,7H2,1H3,(H,14,17). The molecular formula is C13H11NO5. The molecule has 98 valence electrons. The number of aromatic amines is 1. The Morgan fingerprint density at radius 1 is 1.42 bits per heavy atom. The second-order valence-corrected chi connectivity index (χ2v) is 3.75. The molecule has 1 aromatic heterocycles. The van der Waals surface area contributed by atoms with Crippen molar-refractivity contribution in [2.45, 2.75) is 6.42 Å². The van der Waals surface area contributed by atoms with Gasteiger partial charge in [0.1, 0.15) is 0 Å². The molecule has 0 saturated carbocycles. The Morgan fingerprint density at radius 3 is 2.95 bits per heavy atom. The van der Waals surface area contributed by atoms with Crippen LogP contribution in [0.3, 0.4) is 0 Å². The third-order valence-electron chi connectivity index (χ3n) is 2.53. The summed E-state index contributed by atoms with van der Waals surface area (Å²) >= 11 is 0. The highest BCUT2D eigenvalue weighted by Crippen LogP contribution is 2.13. The lowest BCUT2D eigenvalue weighted by Crippen LogP contribution is -2.15. The van der Waals surface area contributed by atoms with Crippen molar-refractivity contribution < 1.29 is 13.9 Å². The van der Waals surface area contributed by atoms with Gasteiger partial charge in [-0.15, -0.1) is 0 Å². The lowest BCUT2D eigenvalue weighted by Gasteiger charge is -1.99. The average molecular weight is 261 g/mol. The molecule has 0 saturated heterocycles. The highest BCUT2D eigenvalue weighted by atomic mass is 16.5. The van der Waals surface area contributed by atoms with E-state index in [9.17, 15) is 14.4 Å². The lowest BCUT2D eigenvalue weighted by atomic mass is 10.1. The number of methoxy groups -OCH3 is 1. The molecule has 0 unspecified atom stereocenters. The number of esters is 1. The number of rotatable bonds is 3. The number of hydrogen-bond donors (Lipinski definition) is 1. The largest absolute Gasteiger partial charge is 0.469 e. The van der Waals surface area contributed by atoms with Crippen molar-refractivity contribution in [1.82, 2.24) is 4.98 Å². The fraction of sp³-hybridized carbons (Fsp3) is 0.154. The predicted octanol–water partition coefficient (Wildman–Crippen LogP) is 1.06. The van der Waals surface area contributed by atoms with Crippen LogP contribution in [0.25, 0.3) is 17.0 Å². The van der Waals surface area contributed by atoms with E-state index in [1.54, 1.807) is 30.4 Å². The zero-order valence-electron chi connectivity index (χ0n) is 10.1. The van der Waals surface area contributed by atoms with Crippen LogP contribution in [0.1, 0.15) is 12.0 Å². The minimum absolute atomic E-state index is 0.0988. The van der Waals surface area contributed by atoms with Crippen molar-refractivity contribution in [3.63, 3.8) is 0 Å². The van der Waals surface area contributed by atoms with Gasteiger partial charge in [-0.25, -0.2) is 9.59 Å². The minimum atomic E-state index is -0.798. The van der Waals surface area contributed by atoms with Crippen LogP contribution in [0.5, 0.6) is 0 Å². The summed E-state index contributed by atoms with van der Waals surface area (Å²) in [6, 6.07) is 4.98. The van der Waals surface area contributed by atoms with Crippen molar-refractivity contribution in [3.8, 4) is 0 Å². The van der Waals surface area contributed by atoms with E-state index in [-0.39, 0.29) is 17.8 Å². The molecule has 0 fully saturated rings. The molecule has 1 heterocycles. The third-order valence-corrected chi connectivity index (χ3v) is 2.53. The molecule has 2 aromatic rings. The van der Waals surface area contributed by atoms with E-state index in [1.165, 1.54) is 7.11 Å². The molecule has 0 radical (unpaired) electrons. The van der Waals surface area contributed by atoms with Gasteiger partial charge in [-0.1, -0.05) is 24.3 Å². The number of carbonyl (C=O) groups is 1. The van der Waals surface area contributed by atoms with Crippen LogP contribution in [-0.4, -0.2) is 18.1 Å². The zero-order chi connectivity index (χ0) is 13.8. The van der Waals surface area contributed by atoms with Crippen LogP contribution in [0.4, 0.5) is 0 Å². The second-order valence-electron chi connectivity index (χ2n) is 3.75. The smallest absolute Gasteiger partial charge is 0.419 e. The number of ether oxygens (including phenoxy) is 1. The molecule has 0 atom stereocenters. The summed E-state index contributed by atoms with van der Waals surface area (Å²) in [5, 5.41) is 0.267. The Bertz CT molecular complexity index is 753. The maximum atomic E-state index is 11.7. The highest BCUT2D eigenvalue weighted by Gasteiger charge is 2.06. The van der Waals surface area contributed by atoms with E-state index < -0.39 is 11.4 Å². The van der Waals surface area contributed by atoms with Crippen molar-refractivity contribution in [2.24, 2.45) is 0 Å². The van der Waals surface area contributed by atoms with E-state index in [0.29, 0.717) is 11.1 Å². The van der Waals surface area contributed by atoms with Gasteiger partial charge in [0.05, 0.1) is 24.4 Å². The Labute approximate surface area is 107 Å². The van der Waals surface area contributed by atoms with E-state index in [2.05, 4.69) is 14.1 Å². The third kappa shape index (κ3) is 2.79. The highest BCUT2D eigenvalue weighted by molar-refractivity contribution is 5.87. The van der Waals surface area contributed by atoms with Gasteiger partial charge in [-0.2, -0.15) is 0 Å². The molecule has 0 bridgehead atoms. The van der Waals surface area contributed by atoms with E-state index in [4.69, 9.17) is 0 Å². The number of benzene rings is 1. The first kappa shape index (κ1) is 12.8. The lowest BCUT2D eigenvalue weighted by molar-refractivity contribution is -0.139. The van der Waals surface area contributed by atoms with Crippen molar-refractivity contribution >= 4 is 22.9 Å². The monoisotopic (exact) mass is 261 g/mol. The van der Waals surface area contributed by atoms with Gasteiger partial charge in [0, 0.05) is 0 Å². The van der Waals surface area contributed by atoms with Gasteiger partial charge in [0.2, 0.25) is 0 Å². The fourth-order valence-corrected chi connectivity index (χ4v) is 1.68. The molecule has 1 aromatic carbocycles. The van der Waals surface area contributed by atoms with E-state index in [0.717, 1.165) is 0 Å². The quantitative estimate of drug-likeness (QED) is 0.834. The van der Waals surface area contributed by atoms with Crippen LogP contribution >= 0.6 is 0 Å². The molecular weight excluding hydrogens is 250 g/mol. The Hall–Kier alpha value is -2.63. The zero-order valence-corrected chi connectivity index (χ0v) is 10.1. The minimum Gasteiger partial charge on any atom is -0.469 e. The Kier molecular flexibility index (Phi) is 3.61. The number of hydrogen-bond acceptors (Lipinski definition) is 5. The van der Waals surface area contributed by atoms with E-state index >= 15 is 0 Å². The summed E-state index contributed by atoms with van der Waals surface area (Å²) in [5.41, 5.74) is 0.241. The molecule has 6 heteroatoms. The number of H-pyrrole nitrogens is 1. The second kappa shape index (κ2) is 5.34. The molecule has 0 amide bonds. The number of fused-ring (bicyclic) bond motifs is 1. The molecule has 0 aliphatic heterocycles. The molecule has 1 N–H and O–H groups in total. The van der Waals surface area contributed by atoms with Crippen LogP contribution < -0.4 is 11.4 Å². The maximum absolute atomic E-state index is 11.7. The van der Waals surface area contributed by atoms with Crippen LogP contribution in [0.15, 0.2) is 38.3 Å². The normalized spacial score (nSPS) is 11.0. The summed E-state index contributed by atoms with van der Waals surface area (Å²) in [6.07, 6.45) is 3.28. The van der Waals surface area contributed by atoms with Crippen LogP contribution in [0.2, 0.25) is 0 Å².